The molecule has 0 atom stereocenters. The van der Waals surface area contributed by atoms with Gasteiger partial charge >= 0.3 is 0 Å². The zero-order valence-electron chi connectivity index (χ0n) is 12.8. The molecule has 1 aliphatic rings. The van der Waals surface area contributed by atoms with E-state index in [9.17, 15) is 9.18 Å². The average molecular weight is 320 g/mol. The summed E-state index contributed by atoms with van der Waals surface area (Å²) in [6.45, 7) is 2.70. The molecule has 1 N–H and O–H groups in total. The second-order valence-corrected chi connectivity index (χ2v) is 7.00. The molecule has 3 nitrogen and oxygen atoms in total. The van der Waals surface area contributed by atoms with Crippen LogP contribution in [0.25, 0.3) is 10.1 Å². The first kappa shape index (κ1) is 15.4. The Morgan fingerprint density at radius 1 is 1.36 bits per heavy atom. The van der Waals surface area contributed by atoms with Crippen molar-refractivity contribution in [2.24, 2.45) is 5.92 Å². The van der Waals surface area contributed by atoms with Crippen LogP contribution in [0.1, 0.15) is 28.9 Å². The number of amides is 1. The highest BCUT2D eigenvalue weighted by Gasteiger charge is 2.24. The largest absolute Gasteiger partial charge is 0.338 e. The molecule has 1 aromatic carbocycles. The van der Waals surface area contributed by atoms with Gasteiger partial charge in [-0.3, -0.25) is 4.79 Å². The highest BCUT2D eigenvalue weighted by Crippen LogP contribution is 2.29. The highest BCUT2D eigenvalue weighted by molar-refractivity contribution is 7.20. The van der Waals surface area contributed by atoms with Gasteiger partial charge in [-0.2, -0.15) is 0 Å². The molecular weight excluding hydrogens is 299 g/mol. The van der Waals surface area contributed by atoms with E-state index in [1.54, 1.807) is 6.07 Å². The first-order valence-electron chi connectivity index (χ1n) is 7.80. The Balaban J connectivity index is 1.66. The van der Waals surface area contributed by atoms with E-state index in [1.165, 1.54) is 29.9 Å². The lowest BCUT2D eigenvalue weighted by atomic mass is 9.93. The minimum absolute atomic E-state index is 0.0914. The molecule has 0 bridgehead atoms. The van der Waals surface area contributed by atoms with Gasteiger partial charge in [0.25, 0.3) is 5.91 Å². The molecule has 0 spiro atoms. The Hall–Kier alpha value is -1.46. The van der Waals surface area contributed by atoms with E-state index in [0.717, 1.165) is 42.6 Å². The van der Waals surface area contributed by atoms with Gasteiger partial charge < -0.3 is 10.2 Å². The number of halogens is 1. The van der Waals surface area contributed by atoms with Crippen LogP contribution >= 0.6 is 11.3 Å². The minimum atomic E-state index is -0.255. The summed E-state index contributed by atoms with van der Waals surface area (Å²) in [7, 11) is 1.98. The van der Waals surface area contributed by atoms with Crippen molar-refractivity contribution in [2.75, 3.05) is 26.7 Å². The molecule has 0 unspecified atom stereocenters. The third-order valence-electron chi connectivity index (χ3n) is 4.39. The molecule has 0 radical (unpaired) electrons. The summed E-state index contributed by atoms with van der Waals surface area (Å²) in [4.78, 5) is 15.3. The number of carbonyl (C=O) groups excluding carboxylic acids is 1. The van der Waals surface area contributed by atoms with Crippen molar-refractivity contribution in [3.05, 3.63) is 35.0 Å². The molecule has 1 aromatic heterocycles. The van der Waals surface area contributed by atoms with Crippen molar-refractivity contribution in [2.45, 2.75) is 19.3 Å². The summed E-state index contributed by atoms with van der Waals surface area (Å²) < 4.78 is 14.2. The maximum atomic E-state index is 13.3. The van der Waals surface area contributed by atoms with Gasteiger partial charge in [-0.15, -0.1) is 11.3 Å². The van der Waals surface area contributed by atoms with Gasteiger partial charge in [0.1, 0.15) is 5.82 Å². The van der Waals surface area contributed by atoms with Crippen molar-refractivity contribution >= 4 is 27.3 Å². The number of fused-ring (bicyclic) bond motifs is 1. The zero-order chi connectivity index (χ0) is 15.5. The molecule has 0 saturated carbocycles. The van der Waals surface area contributed by atoms with E-state index in [4.69, 9.17) is 0 Å². The summed E-state index contributed by atoms with van der Waals surface area (Å²) in [5.41, 5.74) is 0. The number of benzene rings is 1. The smallest absolute Gasteiger partial charge is 0.263 e. The van der Waals surface area contributed by atoms with Crippen molar-refractivity contribution < 1.29 is 9.18 Å². The summed E-state index contributed by atoms with van der Waals surface area (Å²) in [5, 5.41) is 4.00. The van der Waals surface area contributed by atoms with E-state index < -0.39 is 0 Å². The number of carbonyl (C=O) groups is 1. The minimum Gasteiger partial charge on any atom is -0.338 e. The van der Waals surface area contributed by atoms with E-state index in [2.05, 4.69) is 5.32 Å². The molecule has 3 rings (SSSR count). The highest BCUT2D eigenvalue weighted by atomic mass is 32.1. The topological polar surface area (TPSA) is 32.3 Å². The molecule has 1 saturated heterocycles. The van der Waals surface area contributed by atoms with E-state index in [1.807, 2.05) is 18.0 Å². The van der Waals surface area contributed by atoms with Crippen LogP contribution in [0.2, 0.25) is 0 Å². The third-order valence-corrected chi connectivity index (χ3v) is 5.50. The Labute approximate surface area is 134 Å². The molecule has 2 heterocycles. The second-order valence-electron chi connectivity index (χ2n) is 5.92. The monoisotopic (exact) mass is 320 g/mol. The lowest BCUT2D eigenvalue weighted by Crippen LogP contribution is -2.38. The average Bonchev–Trinajstić information content (AvgIpc) is 2.95. The van der Waals surface area contributed by atoms with Gasteiger partial charge in [0.05, 0.1) is 4.88 Å². The van der Waals surface area contributed by atoms with Crippen molar-refractivity contribution in [1.29, 1.82) is 0 Å². The van der Waals surface area contributed by atoms with Gasteiger partial charge in [0.15, 0.2) is 0 Å². The SMILES string of the molecule is CNCCC1CCN(C(=O)c2cc3cc(F)ccc3s2)CC1. The number of piperidine rings is 1. The fourth-order valence-corrected chi connectivity index (χ4v) is 4.06. The molecule has 1 aliphatic heterocycles. The number of hydrogen-bond acceptors (Lipinski definition) is 3. The second kappa shape index (κ2) is 6.75. The zero-order valence-corrected chi connectivity index (χ0v) is 13.6. The molecular formula is C17H21FN2OS. The predicted octanol–water partition coefficient (Wildman–Crippen LogP) is 3.50. The third kappa shape index (κ3) is 3.31. The van der Waals surface area contributed by atoms with Crippen LogP contribution in [0.5, 0.6) is 0 Å². The van der Waals surface area contributed by atoms with Crippen LogP contribution in [-0.2, 0) is 0 Å². The van der Waals surface area contributed by atoms with Gasteiger partial charge in [-0.1, -0.05) is 0 Å². The van der Waals surface area contributed by atoms with Crippen LogP contribution in [0.3, 0.4) is 0 Å². The van der Waals surface area contributed by atoms with Crippen molar-refractivity contribution in [1.82, 2.24) is 10.2 Å². The summed E-state index contributed by atoms with van der Waals surface area (Å²) in [6.07, 6.45) is 3.33. The molecule has 22 heavy (non-hydrogen) atoms. The predicted molar refractivity (Wildman–Crippen MR) is 89.0 cm³/mol. The maximum Gasteiger partial charge on any atom is 0.263 e. The van der Waals surface area contributed by atoms with Gasteiger partial charge in [0, 0.05) is 17.8 Å². The van der Waals surface area contributed by atoms with Crippen LogP contribution in [0, 0.1) is 11.7 Å². The van der Waals surface area contributed by atoms with Crippen LogP contribution in [0.15, 0.2) is 24.3 Å². The van der Waals surface area contributed by atoms with Crippen LogP contribution in [-0.4, -0.2) is 37.5 Å². The summed E-state index contributed by atoms with van der Waals surface area (Å²) in [5.74, 6) is 0.552. The van der Waals surface area contributed by atoms with Crippen molar-refractivity contribution in [3.8, 4) is 0 Å². The molecule has 1 fully saturated rings. The van der Waals surface area contributed by atoms with E-state index in [-0.39, 0.29) is 11.7 Å². The summed E-state index contributed by atoms with van der Waals surface area (Å²) in [6, 6.07) is 6.50. The number of hydrogen-bond donors (Lipinski definition) is 1. The molecule has 5 heteroatoms. The van der Waals surface area contributed by atoms with Crippen LogP contribution < -0.4 is 5.32 Å². The van der Waals surface area contributed by atoms with E-state index in [0.29, 0.717) is 10.8 Å². The fraction of sp³-hybridized carbons (Fsp3) is 0.471. The number of thiophene rings is 1. The van der Waals surface area contributed by atoms with Gasteiger partial charge in [-0.25, -0.2) is 4.39 Å². The Morgan fingerprint density at radius 2 is 2.14 bits per heavy atom. The first-order valence-corrected chi connectivity index (χ1v) is 8.62. The number of rotatable bonds is 4. The molecule has 0 aliphatic carbocycles. The van der Waals surface area contributed by atoms with Crippen molar-refractivity contribution in [3.63, 3.8) is 0 Å². The normalized spacial score (nSPS) is 16.4. The number of likely N-dealkylation sites (tertiary alicyclic amines) is 1. The van der Waals surface area contributed by atoms with Gasteiger partial charge in [0.2, 0.25) is 0 Å². The lowest BCUT2D eigenvalue weighted by molar-refractivity contribution is 0.0692. The Bertz CT molecular complexity index is 662. The van der Waals surface area contributed by atoms with Gasteiger partial charge in [-0.05, 0) is 68.4 Å². The standard InChI is InChI=1S/C17H21FN2OS/c1-19-7-4-12-5-8-20(9-6-12)17(21)16-11-13-10-14(18)2-3-15(13)22-16/h2-3,10-12,19H,4-9H2,1H3. The van der Waals surface area contributed by atoms with Crippen LogP contribution in [0.4, 0.5) is 4.39 Å². The molecule has 118 valence electrons. The fourth-order valence-electron chi connectivity index (χ4n) is 3.05. The Kier molecular flexibility index (Phi) is 4.74. The lowest BCUT2D eigenvalue weighted by Gasteiger charge is -2.31. The number of nitrogens with zero attached hydrogens (tertiary/aromatic N) is 1. The molecule has 2 aromatic rings. The maximum absolute atomic E-state index is 13.3. The summed E-state index contributed by atoms with van der Waals surface area (Å²) >= 11 is 1.45. The van der Waals surface area contributed by atoms with E-state index >= 15 is 0 Å². The molecule has 1 amide bonds. The quantitative estimate of drug-likeness (QED) is 0.935. The Morgan fingerprint density at radius 3 is 2.86 bits per heavy atom. The first-order chi connectivity index (χ1) is 10.7. The number of nitrogens with one attached hydrogen (secondary N) is 1.